The van der Waals surface area contributed by atoms with Crippen LogP contribution in [0, 0.1) is 0 Å². The molecule has 0 bridgehead atoms. The van der Waals surface area contributed by atoms with Gasteiger partial charge in [-0.25, -0.2) is 0 Å². The Morgan fingerprint density at radius 2 is 1.84 bits per heavy atom. The highest BCUT2D eigenvalue weighted by Gasteiger charge is 2.07. The highest BCUT2D eigenvalue weighted by Crippen LogP contribution is 2.15. The Kier molecular flexibility index (Phi) is 6.39. The van der Waals surface area contributed by atoms with Crippen LogP contribution in [0.25, 0.3) is 0 Å². The molecule has 2 N–H and O–H groups in total. The van der Waals surface area contributed by atoms with Crippen LogP contribution in [-0.2, 0) is 11.2 Å². The Morgan fingerprint density at radius 1 is 1.12 bits per heavy atom. The second-order valence-electron chi connectivity index (χ2n) is 5.76. The predicted octanol–water partition coefficient (Wildman–Crippen LogP) is 2.19. The van der Waals surface area contributed by atoms with Crippen LogP contribution in [0.15, 0.2) is 48.5 Å². The number of benzene rings is 2. The van der Waals surface area contributed by atoms with Gasteiger partial charge in [-0.3, -0.25) is 9.59 Å². The number of nitrogens with one attached hydrogen (secondary N) is 1. The number of hydrogen-bond acceptors (Lipinski definition) is 4. The third-order valence-electron chi connectivity index (χ3n) is 3.60. The first-order valence-electron chi connectivity index (χ1n) is 7.95. The summed E-state index contributed by atoms with van der Waals surface area (Å²) in [5.41, 5.74) is 2.73. The van der Waals surface area contributed by atoms with E-state index in [0.717, 1.165) is 12.1 Å². The molecule has 0 radical (unpaired) electrons. The minimum atomic E-state index is -1.08. The number of anilines is 1. The highest BCUT2D eigenvalue weighted by molar-refractivity contribution is 5.95. The van der Waals surface area contributed by atoms with Crippen molar-refractivity contribution < 1.29 is 19.4 Å². The molecule has 132 valence electrons. The third kappa shape index (κ3) is 5.84. The molecule has 2 aromatic rings. The monoisotopic (exact) mass is 342 g/mol. The summed E-state index contributed by atoms with van der Waals surface area (Å²) in [5, 5.41) is 10.9. The van der Waals surface area contributed by atoms with Crippen molar-refractivity contribution in [2.75, 3.05) is 32.1 Å². The number of carboxylic acid groups (broad SMARTS) is 1. The Labute approximate surface area is 147 Å². The van der Waals surface area contributed by atoms with Crippen LogP contribution in [0.1, 0.15) is 15.9 Å². The summed E-state index contributed by atoms with van der Waals surface area (Å²) in [6.07, 6.45) is 0.780. The maximum absolute atomic E-state index is 11.7. The van der Waals surface area contributed by atoms with Crippen molar-refractivity contribution in [1.82, 2.24) is 5.32 Å². The lowest BCUT2D eigenvalue weighted by Gasteiger charge is -2.13. The van der Waals surface area contributed by atoms with Gasteiger partial charge in [-0.1, -0.05) is 12.1 Å². The Balaban J connectivity index is 1.84. The van der Waals surface area contributed by atoms with E-state index in [1.807, 2.05) is 20.2 Å². The smallest absolute Gasteiger partial charge is 0.322 e. The molecule has 1 amide bonds. The van der Waals surface area contributed by atoms with Crippen molar-refractivity contribution >= 4 is 17.6 Å². The van der Waals surface area contributed by atoms with Gasteiger partial charge in [0.05, 0.1) is 6.61 Å². The third-order valence-corrected chi connectivity index (χ3v) is 3.60. The topological polar surface area (TPSA) is 78.9 Å². The zero-order valence-electron chi connectivity index (χ0n) is 14.4. The molecular formula is C19H22N2O4. The van der Waals surface area contributed by atoms with Gasteiger partial charge in [0.15, 0.2) is 0 Å². The summed E-state index contributed by atoms with van der Waals surface area (Å²) in [4.78, 5) is 24.2. The largest absolute Gasteiger partial charge is 0.493 e. The molecule has 2 rings (SSSR count). The van der Waals surface area contributed by atoms with Gasteiger partial charge in [0, 0.05) is 31.8 Å². The fourth-order valence-corrected chi connectivity index (χ4v) is 2.24. The van der Waals surface area contributed by atoms with E-state index in [0.29, 0.717) is 17.9 Å². The molecule has 25 heavy (non-hydrogen) atoms. The maximum atomic E-state index is 11.7. The second kappa shape index (κ2) is 8.73. The van der Waals surface area contributed by atoms with Crippen molar-refractivity contribution in [3.63, 3.8) is 0 Å². The SMILES string of the molecule is CN(C)c1cccc(CCOc2ccc(C(=O)NCC(=O)O)cc2)c1. The van der Waals surface area contributed by atoms with Gasteiger partial charge >= 0.3 is 5.97 Å². The average molecular weight is 342 g/mol. The number of rotatable bonds is 8. The van der Waals surface area contributed by atoms with E-state index in [1.165, 1.54) is 5.56 Å². The summed E-state index contributed by atoms with van der Waals surface area (Å²) in [7, 11) is 4.01. The van der Waals surface area contributed by atoms with E-state index in [2.05, 4.69) is 28.4 Å². The number of nitrogens with zero attached hydrogens (tertiary/aromatic N) is 1. The quantitative estimate of drug-likeness (QED) is 0.769. The minimum absolute atomic E-state index is 0.396. The van der Waals surface area contributed by atoms with Crippen LogP contribution in [0.4, 0.5) is 5.69 Å². The van der Waals surface area contributed by atoms with Crippen LogP contribution >= 0.6 is 0 Å². The van der Waals surface area contributed by atoms with Gasteiger partial charge < -0.3 is 20.1 Å². The number of amides is 1. The number of carbonyl (C=O) groups excluding carboxylic acids is 1. The van der Waals surface area contributed by atoms with Crippen molar-refractivity contribution in [1.29, 1.82) is 0 Å². The first-order valence-corrected chi connectivity index (χ1v) is 7.95. The molecule has 6 heteroatoms. The molecule has 0 aliphatic carbocycles. The van der Waals surface area contributed by atoms with E-state index in [-0.39, 0.29) is 0 Å². The summed E-state index contributed by atoms with van der Waals surface area (Å²) in [6.45, 7) is 0.130. The molecule has 0 saturated heterocycles. The summed E-state index contributed by atoms with van der Waals surface area (Å²) >= 11 is 0. The van der Waals surface area contributed by atoms with E-state index < -0.39 is 18.4 Å². The summed E-state index contributed by atoms with van der Waals surface area (Å²) in [6, 6.07) is 14.9. The Bertz CT molecular complexity index is 726. The van der Waals surface area contributed by atoms with Crippen molar-refractivity contribution in [3.8, 4) is 5.75 Å². The average Bonchev–Trinajstić information content (AvgIpc) is 2.60. The van der Waals surface area contributed by atoms with E-state index >= 15 is 0 Å². The summed E-state index contributed by atoms with van der Waals surface area (Å²) in [5.74, 6) is -0.834. The first-order chi connectivity index (χ1) is 12.0. The minimum Gasteiger partial charge on any atom is -0.493 e. The van der Waals surface area contributed by atoms with Crippen molar-refractivity contribution in [3.05, 3.63) is 59.7 Å². The second-order valence-corrected chi connectivity index (χ2v) is 5.76. The lowest BCUT2D eigenvalue weighted by atomic mass is 10.1. The number of carbonyl (C=O) groups is 2. The zero-order chi connectivity index (χ0) is 18.2. The van der Waals surface area contributed by atoms with Crippen LogP contribution < -0.4 is 15.0 Å². The fraction of sp³-hybridized carbons (Fsp3) is 0.263. The normalized spacial score (nSPS) is 10.2. The maximum Gasteiger partial charge on any atom is 0.322 e. The van der Waals surface area contributed by atoms with Gasteiger partial charge in [-0.05, 0) is 42.0 Å². The van der Waals surface area contributed by atoms with Gasteiger partial charge in [-0.15, -0.1) is 0 Å². The van der Waals surface area contributed by atoms with Crippen LogP contribution in [0.2, 0.25) is 0 Å². The van der Waals surface area contributed by atoms with Gasteiger partial charge in [0.1, 0.15) is 12.3 Å². The van der Waals surface area contributed by atoms with Crippen LogP contribution in [-0.4, -0.2) is 44.2 Å². The van der Waals surface area contributed by atoms with Crippen molar-refractivity contribution in [2.45, 2.75) is 6.42 Å². The lowest BCUT2D eigenvalue weighted by molar-refractivity contribution is -0.135. The van der Waals surface area contributed by atoms with Gasteiger partial charge in [0.2, 0.25) is 0 Å². The molecule has 0 atom stereocenters. The molecule has 0 unspecified atom stereocenters. The molecule has 2 aromatic carbocycles. The number of aliphatic carboxylic acids is 1. The lowest BCUT2D eigenvalue weighted by Crippen LogP contribution is -2.29. The zero-order valence-corrected chi connectivity index (χ0v) is 14.4. The van der Waals surface area contributed by atoms with E-state index in [4.69, 9.17) is 9.84 Å². The van der Waals surface area contributed by atoms with Gasteiger partial charge in [-0.2, -0.15) is 0 Å². The molecule has 6 nitrogen and oxygen atoms in total. The molecule has 0 aromatic heterocycles. The van der Waals surface area contributed by atoms with E-state index in [9.17, 15) is 9.59 Å². The molecule has 0 saturated carbocycles. The number of ether oxygens (including phenoxy) is 1. The summed E-state index contributed by atoms with van der Waals surface area (Å²) < 4.78 is 5.70. The Hall–Kier alpha value is -3.02. The highest BCUT2D eigenvalue weighted by atomic mass is 16.5. The molecule has 0 fully saturated rings. The first kappa shape index (κ1) is 18.3. The van der Waals surface area contributed by atoms with Crippen LogP contribution in [0.5, 0.6) is 5.75 Å². The van der Waals surface area contributed by atoms with E-state index in [1.54, 1.807) is 24.3 Å². The number of hydrogen-bond donors (Lipinski definition) is 2. The molecular weight excluding hydrogens is 320 g/mol. The van der Waals surface area contributed by atoms with Crippen LogP contribution in [0.3, 0.4) is 0 Å². The Morgan fingerprint density at radius 3 is 2.48 bits per heavy atom. The standard InChI is InChI=1S/C19H22N2O4/c1-21(2)16-5-3-4-14(12-16)10-11-25-17-8-6-15(7-9-17)19(24)20-13-18(22)23/h3-9,12H,10-11,13H2,1-2H3,(H,20,24)(H,22,23). The fourth-order valence-electron chi connectivity index (χ4n) is 2.24. The molecule has 0 heterocycles. The molecule has 0 aliphatic rings. The van der Waals surface area contributed by atoms with Crippen molar-refractivity contribution in [2.24, 2.45) is 0 Å². The molecule has 0 spiro atoms. The van der Waals surface area contributed by atoms with Gasteiger partial charge in [0.25, 0.3) is 5.91 Å². The predicted molar refractivity (Wildman–Crippen MR) is 96.4 cm³/mol. The molecule has 0 aliphatic heterocycles. The number of carboxylic acids is 1.